The topological polar surface area (TPSA) is 37.3 Å². The maximum absolute atomic E-state index is 11.6. The van der Waals surface area contributed by atoms with Gasteiger partial charge in [-0.15, -0.1) is 6.58 Å². The fraction of sp³-hybridized carbons (Fsp3) is 0.812. The number of carbonyl (C=O) groups is 1. The molecule has 0 aromatic heterocycles. The number of carboxylic acids is 1. The summed E-state index contributed by atoms with van der Waals surface area (Å²) < 4.78 is 0. The zero-order chi connectivity index (χ0) is 12.9. The maximum Gasteiger partial charge on any atom is 0.307 e. The molecule has 4 fully saturated rings. The Morgan fingerprint density at radius 2 is 1.67 bits per heavy atom. The van der Waals surface area contributed by atoms with Gasteiger partial charge < -0.3 is 5.11 Å². The molecule has 4 aliphatic rings. The summed E-state index contributed by atoms with van der Waals surface area (Å²) in [6, 6.07) is 0. The van der Waals surface area contributed by atoms with Crippen LogP contribution < -0.4 is 0 Å². The van der Waals surface area contributed by atoms with E-state index >= 15 is 0 Å². The van der Waals surface area contributed by atoms with E-state index < -0.39 is 5.97 Å². The van der Waals surface area contributed by atoms with E-state index in [1.165, 1.54) is 32.1 Å². The summed E-state index contributed by atoms with van der Waals surface area (Å²) in [5.41, 5.74) is 1.02. The van der Waals surface area contributed by atoms with Gasteiger partial charge in [-0.1, -0.05) is 5.57 Å². The van der Waals surface area contributed by atoms with Crippen LogP contribution >= 0.6 is 0 Å². The molecule has 1 N–H and O–H groups in total. The minimum atomic E-state index is -0.588. The molecule has 4 rings (SSSR count). The number of hydrogen-bond donors (Lipinski definition) is 1. The molecule has 2 heteroatoms. The van der Waals surface area contributed by atoms with Gasteiger partial charge in [-0.2, -0.15) is 0 Å². The summed E-state index contributed by atoms with van der Waals surface area (Å²) in [6.07, 6.45) is 7.32. The van der Waals surface area contributed by atoms with E-state index in [-0.39, 0.29) is 5.92 Å². The van der Waals surface area contributed by atoms with Crippen LogP contribution in [0.2, 0.25) is 0 Å². The normalized spacial score (nSPS) is 42.8. The molecule has 0 amide bonds. The van der Waals surface area contributed by atoms with Crippen LogP contribution in [0, 0.1) is 35.5 Å². The number of aliphatic carboxylic acids is 1. The molecule has 1 atom stereocenters. The Hall–Kier alpha value is -0.790. The van der Waals surface area contributed by atoms with Crippen LogP contribution in [0.15, 0.2) is 12.2 Å². The average molecular weight is 248 g/mol. The average Bonchev–Trinajstić information content (AvgIpc) is 2.25. The first-order chi connectivity index (χ1) is 8.54. The first-order valence-corrected chi connectivity index (χ1v) is 7.41. The van der Waals surface area contributed by atoms with Crippen molar-refractivity contribution in [1.82, 2.24) is 0 Å². The molecular formula is C16H24O2. The highest BCUT2D eigenvalue weighted by Gasteiger charge is 2.51. The SMILES string of the molecule is C=C(C)CC(C(=O)O)C1C2CC3CC(C2)CC1C3. The van der Waals surface area contributed by atoms with E-state index in [2.05, 4.69) is 6.58 Å². The van der Waals surface area contributed by atoms with Crippen molar-refractivity contribution >= 4 is 5.97 Å². The van der Waals surface area contributed by atoms with Crippen molar-refractivity contribution in [1.29, 1.82) is 0 Å². The van der Waals surface area contributed by atoms with Crippen molar-refractivity contribution in [2.75, 3.05) is 0 Å². The van der Waals surface area contributed by atoms with Crippen LogP contribution in [0.25, 0.3) is 0 Å². The van der Waals surface area contributed by atoms with Crippen molar-refractivity contribution in [3.8, 4) is 0 Å². The molecular weight excluding hydrogens is 224 g/mol. The second-order valence-corrected chi connectivity index (χ2v) is 7.11. The van der Waals surface area contributed by atoms with Crippen LogP contribution in [-0.4, -0.2) is 11.1 Å². The fourth-order valence-corrected chi connectivity index (χ4v) is 5.39. The Kier molecular flexibility index (Phi) is 2.99. The van der Waals surface area contributed by atoms with Gasteiger partial charge in [0.05, 0.1) is 5.92 Å². The highest BCUT2D eigenvalue weighted by molar-refractivity contribution is 5.71. The summed E-state index contributed by atoms with van der Waals surface area (Å²) in [7, 11) is 0. The number of carboxylic acid groups (broad SMARTS) is 1. The van der Waals surface area contributed by atoms with Crippen LogP contribution in [0.1, 0.15) is 45.4 Å². The lowest BCUT2D eigenvalue weighted by Gasteiger charge is -2.56. The van der Waals surface area contributed by atoms with Gasteiger partial charge >= 0.3 is 5.97 Å². The van der Waals surface area contributed by atoms with E-state index in [4.69, 9.17) is 0 Å². The van der Waals surface area contributed by atoms with Gasteiger partial charge in [0.25, 0.3) is 0 Å². The predicted molar refractivity (Wildman–Crippen MR) is 71.1 cm³/mol. The van der Waals surface area contributed by atoms with E-state index in [0.29, 0.717) is 24.2 Å². The summed E-state index contributed by atoms with van der Waals surface area (Å²) >= 11 is 0. The molecule has 4 bridgehead atoms. The highest BCUT2D eigenvalue weighted by Crippen LogP contribution is 2.58. The first kappa shape index (κ1) is 12.3. The summed E-state index contributed by atoms with van der Waals surface area (Å²) in [5.74, 6) is 2.91. The zero-order valence-corrected chi connectivity index (χ0v) is 11.3. The Morgan fingerprint density at radius 3 is 2.06 bits per heavy atom. The first-order valence-electron chi connectivity index (χ1n) is 7.41. The van der Waals surface area contributed by atoms with Crippen molar-refractivity contribution in [3.05, 3.63) is 12.2 Å². The lowest BCUT2D eigenvalue weighted by molar-refractivity contribution is -0.151. The molecule has 2 nitrogen and oxygen atoms in total. The Labute approximate surface area is 109 Å². The highest BCUT2D eigenvalue weighted by atomic mass is 16.4. The van der Waals surface area contributed by atoms with Crippen LogP contribution in [0.3, 0.4) is 0 Å². The van der Waals surface area contributed by atoms with E-state index in [1.807, 2.05) is 6.92 Å². The molecule has 4 saturated carbocycles. The molecule has 18 heavy (non-hydrogen) atoms. The molecule has 0 spiro atoms. The summed E-state index contributed by atoms with van der Waals surface area (Å²) in [5, 5.41) is 9.57. The molecule has 0 aromatic rings. The smallest absolute Gasteiger partial charge is 0.307 e. The third kappa shape index (κ3) is 2.00. The molecule has 100 valence electrons. The van der Waals surface area contributed by atoms with E-state index in [0.717, 1.165) is 17.4 Å². The Morgan fingerprint density at radius 1 is 1.17 bits per heavy atom. The van der Waals surface area contributed by atoms with Crippen LogP contribution in [0.4, 0.5) is 0 Å². The van der Waals surface area contributed by atoms with Gasteiger partial charge in [0, 0.05) is 0 Å². The Bertz CT molecular complexity index is 343. The van der Waals surface area contributed by atoms with Crippen molar-refractivity contribution in [3.63, 3.8) is 0 Å². The predicted octanol–water partition coefficient (Wildman–Crippen LogP) is 3.73. The van der Waals surface area contributed by atoms with Gasteiger partial charge in [-0.05, 0) is 75.0 Å². The zero-order valence-electron chi connectivity index (χ0n) is 11.3. The second-order valence-electron chi connectivity index (χ2n) is 7.11. The summed E-state index contributed by atoms with van der Waals surface area (Å²) in [4.78, 5) is 11.6. The molecule has 1 unspecified atom stereocenters. The molecule has 4 aliphatic carbocycles. The van der Waals surface area contributed by atoms with E-state index in [1.54, 1.807) is 0 Å². The molecule has 0 heterocycles. The quantitative estimate of drug-likeness (QED) is 0.770. The molecule has 0 radical (unpaired) electrons. The van der Waals surface area contributed by atoms with Gasteiger partial charge in [0.2, 0.25) is 0 Å². The minimum Gasteiger partial charge on any atom is -0.481 e. The number of rotatable bonds is 4. The Balaban J connectivity index is 1.81. The minimum absolute atomic E-state index is 0.169. The number of hydrogen-bond acceptors (Lipinski definition) is 1. The van der Waals surface area contributed by atoms with Gasteiger partial charge in [0.15, 0.2) is 0 Å². The summed E-state index contributed by atoms with van der Waals surface area (Å²) in [6.45, 7) is 5.89. The standard InChI is InChI=1S/C16H24O2/c1-9(2)3-14(16(17)18)15-12-5-10-4-11(7-12)8-13(15)6-10/h10-15H,1,3-8H2,2H3,(H,17,18). The van der Waals surface area contributed by atoms with Crippen LogP contribution in [0.5, 0.6) is 0 Å². The fourth-order valence-electron chi connectivity index (χ4n) is 5.39. The number of allylic oxidation sites excluding steroid dienone is 1. The van der Waals surface area contributed by atoms with Crippen molar-refractivity contribution in [2.24, 2.45) is 35.5 Å². The van der Waals surface area contributed by atoms with E-state index in [9.17, 15) is 9.90 Å². The monoisotopic (exact) mass is 248 g/mol. The van der Waals surface area contributed by atoms with Crippen LogP contribution in [-0.2, 0) is 4.79 Å². The molecule has 0 saturated heterocycles. The van der Waals surface area contributed by atoms with Crippen molar-refractivity contribution < 1.29 is 9.90 Å². The largest absolute Gasteiger partial charge is 0.481 e. The van der Waals surface area contributed by atoms with Crippen molar-refractivity contribution in [2.45, 2.75) is 45.4 Å². The molecule has 0 aromatic carbocycles. The van der Waals surface area contributed by atoms with Gasteiger partial charge in [0.1, 0.15) is 0 Å². The van der Waals surface area contributed by atoms with Gasteiger partial charge in [-0.3, -0.25) is 4.79 Å². The lowest BCUT2D eigenvalue weighted by Crippen LogP contribution is -2.49. The lowest BCUT2D eigenvalue weighted by atomic mass is 9.49. The third-order valence-electron chi connectivity index (χ3n) is 5.65. The molecule has 0 aliphatic heterocycles. The third-order valence-corrected chi connectivity index (χ3v) is 5.65. The second kappa shape index (κ2) is 4.40. The maximum atomic E-state index is 11.6. The van der Waals surface area contributed by atoms with Gasteiger partial charge in [-0.25, -0.2) is 0 Å².